The van der Waals surface area contributed by atoms with Crippen LogP contribution < -0.4 is 15.5 Å². The monoisotopic (exact) mass is 485 g/mol. The molecule has 0 aliphatic carbocycles. The van der Waals surface area contributed by atoms with E-state index in [0.29, 0.717) is 6.54 Å². The minimum atomic E-state index is -0.170. The van der Waals surface area contributed by atoms with Gasteiger partial charge < -0.3 is 20.4 Å². The van der Waals surface area contributed by atoms with Gasteiger partial charge >= 0.3 is 6.03 Å². The van der Waals surface area contributed by atoms with Crippen molar-refractivity contribution in [1.82, 2.24) is 15.2 Å². The number of carbonyl (C=O) groups excluding carboxylic acids is 1. The molecular weight excluding hydrogens is 446 g/mol. The highest BCUT2D eigenvalue weighted by molar-refractivity contribution is 5.89. The largest absolute Gasteiger partial charge is 0.359 e. The number of likely N-dealkylation sites (tertiary alicyclic amines) is 1. The predicted octanol–water partition coefficient (Wildman–Crippen LogP) is 5.23. The number of rotatable bonds is 11. The lowest BCUT2D eigenvalue weighted by Gasteiger charge is -2.32. The second-order valence-corrected chi connectivity index (χ2v) is 9.75. The van der Waals surface area contributed by atoms with Gasteiger partial charge in [-0.25, -0.2) is 9.78 Å². The fourth-order valence-electron chi connectivity index (χ4n) is 4.78. The molecule has 0 radical (unpaired) electrons. The second-order valence-electron chi connectivity index (χ2n) is 9.75. The number of aryl methyl sites for hydroxylation is 1. The summed E-state index contributed by atoms with van der Waals surface area (Å²) in [7, 11) is 2.03. The molecule has 190 valence electrons. The van der Waals surface area contributed by atoms with E-state index in [0.717, 1.165) is 50.0 Å². The molecule has 0 spiro atoms. The zero-order valence-corrected chi connectivity index (χ0v) is 21.4. The minimum Gasteiger partial charge on any atom is -0.359 e. The highest BCUT2D eigenvalue weighted by Gasteiger charge is 2.19. The third kappa shape index (κ3) is 8.38. The van der Waals surface area contributed by atoms with Crippen molar-refractivity contribution in [2.45, 2.75) is 32.1 Å². The maximum absolute atomic E-state index is 12.4. The zero-order chi connectivity index (χ0) is 25.0. The van der Waals surface area contributed by atoms with Crippen molar-refractivity contribution in [3.8, 4) is 0 Å². The van der Waals surface area contributed by atoms with Crippen LogP contribution in [-0.4, -0.2) is 55.7 Å². The van der Waals surface area contributed by atoms with Crippen LogP contribution in [0.3, 0.4) is 0 Å². The lowest BCUT2D eigenvalue weighted by atomic mass is 9.90. The number of urea groups is 1. The van der Waals surface area contributed by atoms with Gasteiger partial charge in [-0.1, -0.05) is 60.7 Å². The maximum Gasteiger partial charge on any atom is 0.319 e. The predicted molar refractivity (Wildman–Crippen MR) is 149 cm³/mol. The van der Waals surface area contributed by atoms with Gasteiger partial charge in [0, 0.05) is 44.6 Å². The van der Waals surface area contributed by atoms with Crippen molar-refractivity contribution >= 4 is 17.5 Å². The van der Waals surface area contributed by atoms with Crippen LogP contribution in [0.2, 0.25) is 0 Å². The summed E-state index contributed by atoms with van der Waals surface area (Å²) in [4.78, 5) is 21.5. The molecule has 2 amide bonds. The SMILES string of the molecule is CN(CCc1ccccc1)c1cc(NC(=O)NCCN2CCC(CCc3ccccc3)CC2)ccn1. The highest BCUT2D eigenvalue weighted by atomic mass is 16.2. The van der Waals surface area contributed by atoms with E-state index in [1.807, 2.05) is 25.2 Å². The summed E-state index contributed by atoms with van der Waals surface area (Å²) in [6, 6.07) is 24.8. The summed E-state index contributed by atoms with van der Waals surface area (Å²) in [5.41, 5.74) is 3.49. The Labute approximate surface area is 215 Å². The molecule has 1 aliphatic heterocycles. The lowest BCUT2D eigenvalue weighted by molar-refractivity contribution is 0.180. The van der Waals surface area contributed by atoms with E-state index in [1.54, 1.807) is 6.20 Å². The van der Waals surface area contributed by atoms with E-state index >= 15 is 0 Å². The van der Waals surface area contributed by atoms with Gasteiger partial charge in [0.2, 0.25) is 0 Å². The number of hydrogen-bond acceptors (Lipinski definition) is 4. The molecule has 2 N–H and O–H groups in total. The molecule has 3 aromatic rings. The third-order valence-electron chi connectivity index (χ3n) is 7.08. The summed E-state index contributed by atoms with van der Waals surface area (Å²) >= 11 is 0. The van der Waals surface area contributed by atoms with Gasteiger partial charge in [-0.3, -0.25) is 0 Å². The molecule has 36 heavy (non-hydrogen) atoms. The van der Waals surface area contributed by atoms with Gasteiger partial charge in [0.1, 0.15) is 5.82 Å². The van der Waals surface area contributed by atoms with Crippen LogP contribution in [0, 0.1) is 5.92 Å². The number of nitrogens with zero attached hydrogens (tertiary/aromatic N) is 3. The summed E-state index contributed by atoms with van der Waals surface area (Å²) < 4.78 is 0. The van der Waals surface area contributed by atoms with E-state index in [4.69, 9.17) is 0 Å². The van der Waals surface area contributed by atoms with Crippen LogP contribution in [0.5, 0.6) is 0 Å². The molecule has 1 fully saturated rings. The number of likely N-dealkylation sites (N-methyl/N-ethyl adjacent to an activating group) is 1. The Morgan fingerprint density at radius 2 is 1.64 bits per heavy atom. The van der Waals surface area contributed by atoms with Gasteiger partial charge in [-0.05, 0) is 68.3 Å². The van der Waals surface area contributed by atoms with Crippen LogP contribution in [-0.2, 0) is 12.8 Å². The summed E-state index contributed by atoms with van der Waals surface area (Å²) in [5, 5.41) is 5.96. The molecule has 4 rings (SSSR count). The van der Waals surface area contributed by atoms with Crippen molar-refractivity contribution in [2.75, 3.05) is 50.0 Å². The first-order valence-electron chi connectivity index (χ1n) is 13.2. The van der Waals surface area contributed by atoms with E-state index in [-0.39, 0.29) is 6.03 Å². The van der Waals surface area contributed by atoms with E-state index in [2.05, 4.69) is 80.0 Å². The topological polar surface area (TPSA) is 60.5 Å². The third-order valence-corrected chi connectivity index (χ3v) is 7.08. The van der Waals surface area contributed by atoms with Gasteiger partial charge in [-0.2, -0.15) is 0 Å². The molecule has 1 aromatic heterocycles. The van der Waals surface area contributed by atoms with E-state index < -0.39 is 0 Å². The number of amides is 2. The van der Waals surface area contributed by atoms with Crippen molar-refractivity contribution in [2.24, 2.45) is 5.92 Å². The average Bonchev–Trinajstić information content (AvgIpc) is 2.92. The number of pyridine rings is 1. The van der Waals surface area contributed by atoms with Crippen LogP contribution >= 0.6 is 0 Å². The highest BCUT2D eigenvalue weighted by Crippen LogP contribution is 2.22. The molecule has 6 nitrogen and oxygen atoms in total. The standard InChI is InChI=1S/C30H39N5O/c1-34(20-15-26-10-6-3-7-11-26)29-24-28(14-18-31-29)33-30(36)32-19-23-35-21-16-27(17-22-35)13-12-25-8-4-2-5-9-25/h2-11,14,18,24,27H,12-13,15-17,19-23H2,1H3,(H2,31,32,33,36). The van der Waals surface area contributed by atoms with Gasteiger partial charge in [0.05, 0.1) is 0 Å². The summed E-state index contributed by atoms with van der Waals surface area (Å²) in [5.74, 6) is 1.66. The Hall–Kier alpha value is -3.38. The average molecular weight is 486 g/mol. The zero-order valence-electron chi connectivity index (χ0n) is 21.4. The molecule has 1 aliphatic rings. The number of benzene rings is 2. The van der Waals surface area contributed by atoms with Crippen molar-refractivity contribution in [1.29, 1.82) is 0 Å². The Bertz CT molecular complexity index is 1050. The van der Waals surface area contributed by atoms with E-state index in [9.17, 15) is 4.79 Å². The molecule has 2 aromatic carbocycles. The molecule has 0 saturated carbocycles. The molecule has 2 heterocycles. The van der Waals surface area contributed by atoms with Crippen LogP contribution in [0.1, 0.15) is 30.4 Å². The molecule has 6 heteroatoms. The van der Waals surface area contributed by atoms with Crippen molar-refractivity contribution < 1.29 is 4.79 Å². The smallest absolute Gasteiger partial charge is 0.319 e. The Kier molecular flexibility index (Phi) is 9.74. The number of nitrogens with one attached hydrogen (secondary N) is 2. The molecule has 0 unspecified atom stereocenters. The molecule has 1 saturated heterocycles. The Morgan fingerprint density at radius 1 is 0.972 bits per heavy atom. The van der Waals surface area contributed by atoms with Crippen LogP contribution in [0.15, 0.2) is 79.0 Å². The first-order chi connectivity index (χ1) is 17.7. The molecule has 0 bridgehead atoms. The minimum absolute atomic E-state index is 0.170. The normalized spacial score (nSPS) is 14.4. The van der Waals surface area contributed by atoms with Crippen LogP contribution in [0.4, 0.5) is 16.3 Å². The molecule has 0 atom stereocenters. The Balaban J connectivity index is 1.12. The second kappa shape index (κ2) is 13.6. The summed E-state index contributed by atoms with van der Waals surface area (Å²) in [6.45, 7) is 4.63. The van der Waals surface area contributed by atoms with Crippen molar-refractivity contribution in [3.05, 3.63) is 90.1 Å². The number of hydrogen-bond donors (Lipinski definition) is 2. The number of aromatic nitrogens is 1. The summed E-state index contributed by atoms with van der Waals surface area (Å²) in [6.07, 6.45) is 7.63. The fourth-order valence-corrected chi connectivity index (χ4v) is 4.78. The first kappa shape index (κ1) is 25.7. The Morgan fingerprint density at radius 3 is 2.33 bits per heavy atom. The van der Waals surface area contributed by atoms with E-state index in [1.165, 1.54) is 36.8 Å². The number of piperidine rings is 1. The van der Waals surface area contributed by atoms with Crippen molar-refractivity contribution in [3.63, 3.8) is 0 Å². The van der Waals surface area contributed by atoms with Crippen LogP contribution in [0.25, 0.3) is 0 Å². The maximum atomic E-state index is 12.4. The first-order valence-corrected chi connectivity index (χ1v) is 13.2. The quantitative estimate of drug-likeness (QED) is 0.391. The fraction of sp³-hybridized carbons (Fsp3) is 0.400. The lowest BCUT2D eigenvalue weighted by Crippen LogP contribution is -2.40. The molecular formula is C30H39N5O. The number of anilines is 2. The van der Waals surface area contributed by atoms with Gasteiger partial charge in [-0.15, -0.1) is 0 Å². The number of carbonyl (C=O) groups is 1. The van der Waals surface area contributed by atoms with Gasteiger partial charge in [0.15, 0.2) is 0 Å². The van der Waals surface area contributed by atoms with Gasteiger partial charge in [0.25, 0.3) is 0 Å².